The number of H-pyrrole nitrogens is 1. The van der Waals surface area contributed by atoms with Crippen molar-refractivity contribution >= 4 is 0 Å². The largest absolute Gasteiger partial charge is 0.454 e. The lowest BCUT2D eigenvalue weighted by Gasteiger charge is -2.03. The molecule has 0 unspecified atom stereocenters. The topological polar surface area (TPSA) is 47.1 Å². The predicted molar refractivity (Wildman–Crippen MR) is 75.6 cm³/mol. The lowest BCUT2D eigenvalue weighted by molar-refractivity contribution is 0.174. The maximum Gasteiger partial charge on any atom is 0.231 e. The highest BCUT2D eigenvalue weighted by atomic mass is 16.7. The molecule has 4 heteroatoms. The molecule has 0 fully saturated rings. The van der Waals surface area contributed by atoms with Crippen LogP contribution in [0.1, 0.15) is 39.4 Å². The van der Waals surface area contributed by atoms with Gasteiger partial charge in [-0.1, -0.05) is 33.8 Å². The van der Waals surface area contributed by atoms with Gasteiger partial charge in [-0.2, -0.15) is 0 Å². The number of rotatable bonds is 2. The SMILES string of the molecule is CC.CC(C)c1ncc(-c2cccc3c2OCO3)[nH]1. The zero-order valence-corrected chi connectivity index (χ0v) is 11.9. The number of hydrogen-bond donors (Lipinski definition) is 1. The molecule has 1 aromatic heterocycles. The monoisotopic (exact) mass is 260 g/mol. The molecule has 0 spiro atoms. The van der Waals surface area contributed by atoms with Gasteiger partial charge in [-0.25, -0.2) is 4.98 Å². The van der Waals surface area contributed by atoms with Crippen LogP contribution < -0.4 is 9.47 Å². The van der Waals surface area contributed by atoms with Gasteiger partial charge in [0.25, 0.3) is 0 Å². The molecule has 0 aliphatic carbocycles. The van der Waals surface area contributed by atoms with Crippen LogP contribution in [0.2, 0.25) is 0 Å². The van der Waals surface area contributed by atoms with Crippen LogP contribution in [0, 0.1) is 0 Å². The molecule has 0 saturated carbocycles. The van der Waals surface area contributed by atoms with Gasteiger partial charge < -0.3 is 14.5 Å². The molecule has 4 nitrogen and oxygen atoms in total. The number of benzene rings is 1. The van der Waals surface area contributed by atoms with Crippen LogP contribution in [0.25, 0.3) is 11.3 Å². The molecule has 2 aromatic rings. The Morgan fingerprint density at radius 3 is 2.68 bits per heavy atom. The van der Waals surface area contributed by atoms with E-state index in [1.807, 2.05) is 38.2 Å². The van der Waals surface area contributed by atoms with Crippen molar-refractivity contribution in [3.05, 3.63) is 30.2 Å². The molecule has 1 aliphatic heterocycles. The molecule has 2 heterocycles. The zero-order valence-electron chi connectivity index (χ0n) is 11.9. The van der Waals surface area contributed by atoms with E-state index >= 15 is 0 Å². The van der Waals surface area contributed by atoms with Crippen LogP contribution in [0.3, 0.4) is 0 Å². The second kappa shape index (κ2) is 5.78. The second-order valence-corrected chi connectivity index (χ2v) is 4.38. The van der Waals surface area contributed by atoms with Gasteiger partial charge in [0.15, 0.2) is 11.5 Å². The predicted octanol–water partition coefficient (Wildman–Crippen LogP) is 3.96. The molecule has 1 aliphatic rings. The van der Waals surface area contributed by atoms with Gasteiger partial charge in [0, 0.05) is 11.5 Å². The third-order valence-electron chi connectivity index (χ3n) is 2.83. The molecule has 19 heavy (non-hydrogen) atoms. The Morgan fingerprint density at radius 2 is 2.00 bits per heavy atom. The summed E-state index contributed by atoms with van der Waals surface area (Å²) in [6, 6.07) is 5.87. The Hall–Kier alpha value is -1.97. The lowest BCUT2D eigenvalue weighted by Crippen LogP contribution is -1.93. The zero-order chi connectivity index (χ0) is 13.8. The van der Waals surface area contributed by atoms with Gasteiger partial charge in [-0.3, -0.25) is 0 Å². The lowest BCUT2D eigenvalue weighted by atomic mass is 10.1. The van der Waals surface area contributed by atoms with Crippen molar-refractivity contribution in [2.45, 2.75) is 33.6 Å². The summed E-state index contributed by atoms with van der Waals surface area (Å²) in [5, 5.41) is 0. The van der Waals surface area contributed by atoms with Gasteiger partial charge in [0.1, 0.15) is 5.82 Å². The van der Waals surface area contributed by atoms with Crippen LogP contribution in [-0.2, 0) is 0 Å². The Labute approximate surface area is 113 Å². The molecule has 1 N–H and O–H groups in total. The normalized spacial score (nSPS) is 12.3. The fraction of sp³-hybridized carbons (Fsp3) is 0.400. The molecule has 102 valence electrons. The van der Waals surface area contributed by atoms with E-state index in [9.17, 15) is 0 Å². The van der Waals surface area contributed by atoms with Crippen molar-refractivity contribution in [2.24, 2.45) is 0 Å². The molecule has 1 aromatic carbocycles. The van der Waals surface area contributed by atoms with Gasteiger partial charge in [0.2, 0.25) is 6.79 Å². The van der Waals surface area contributed by atoms with E-state index < -0.39 is 0 Å². The van der Waals surface area contributed by atoms with Crippen LogP contribution >= 0.6 is 0 Å². The summed E-state index contributed by atoms with van der Waals surface area (Å²) in [7, 11) is 0. The Balaban J connectivity index is 0.000000637. The van der Waals surface area contributed by atoms with E-state index in [0.717, 1.165) is 28.6 Å². The number of aromatic nitrogens is 2. The smallest absolute Gasteiger partial charge is 0.231 e. The van der Waals surface area contributed by atoms with Crippen LogP contribution in [0.5, 0.6) is 11.5 Å². The summed E-state index contributed by atoms with van der Waals surface area (Å²) in [5.74, 6) is 2.96. The number of imidazole rings is 1. The Bertz CT molecular complexity index is 547. The van der Waals surface area contributed by atoms with Crippen molar-refractivity contribution in [3.63, 3.8) is 0 Å². The highest BCUT2D eigenvalue weighted by molar-refractivity contribution is 5.71. The van der Waals surface area contributed by atoms with Crippen LogP contribution in [0.15, 0.2) is 24.4 Å². The second-order valence-electron chi connectivity index (χ2n) is 4.38. The van der Waals surface area contributed by atoms with E-state index in [0.29, 0.717) is 5.92 Å². The van der Waals surface area contributed by atoms with E-state index in [1.54, 1.807) is 0 Å². The molecular formula is C15H20N2O2. The average Bonchev–Trinajstić information content (AvgIpc) is 3.09. The minimum Gasteiger partial charge on any atom is -0.454 e. The first-order valence-electron chi connectivity index (χ1n) is 6.69. The number of nitrogens with one attached hydrogen (secondary N) is 1. The van der Waals surface area contributed by atoms with Gasteiger partial charge >= 0.3 is 0 Å². The number of ether oxygens (including phenoxy) is 2. The first-order chi connectivity index (χ1) is 9.25. The molecule has 0 amide bonds. The number of nitrogens with zero attached hydrogens (tertiary/aromatic N) is 1. The fourth-order valence-corrected chi connectivity index (χ4v) is 1.91. The Morgan fingerprint density at radius 1 is 1.21 bits per heavy atom. The minimum atomic E-state index is 0.289. The van der Waals surface area contributed by atoms with Crippen LogP contribution in [0.4, 0.5) is 0 Å². The van der Waals surface area contributed by atoms with Crippen molar-refractivity contribution in [2.75, 3.05) is 6.79 Å². The van der Waals surface area contributed by atoms with Gasteiger partial charge in [-0.15, -0.1) is 0 Å². The van der Waals surface area contributed by atoms with Gasteiger partial charge in [-0.05, 0) is 12.1 Å². The molecule has 3 rings (SSSR count). The maximum atomic E-state index is 5.48. The average molecular weight is 260 g/mol. The van der Waals surface area contributed by atoms with E-state index in [1.165, 1.54) is 0 Å². The van der Waals surface area contributed by atoms with E-state index in [2.05, 4.69) is 23.8 Å². The molecular weight excluding hydrogens is 240 g/mol. The molecule has 0 saturated heterocycles. The van der Waals surface area contributed by atoms with Crippen molar-refractivity contribution in [1.82, 2.24) is 9.97 Å². The van der Waals surface area contributed by atoms with Crippen molar-refractivity contribution in [3.8, 4) is 22.8 Å². The fourth-order valence-electron chi connectivity index (χ4n) is 1.91. The van der Waals surface area contributed by atoms with E-state index in [4.69, 9.17) is 9.47 Å². The third-order valence-corrected chi connectivity index (χ3v) is 2.83. The first kappa shape index (κ1) is 13.5. The number of aromatic amines is 1. The number of fused-ring (bicyclic) bond motifs is 1. The van der Waals surface area contributed by atoms with Crippen molar-refractivity contribution < 1.29 is 9.47 Å². The number of hydrogen-bond acceptors (Lipinski definition) is 3. The summed E-state index contributed by atoms with van der Waals surface area (Å²) in [4.78, 5) is 7.68. The Kier molecular flexibility index (Phi) is 4.10. The maximum absolute atomic E-state index is 5.48. The van der Waals surface area contributed by atoms with Crippen molar-refractivity contribution in [1.29, 1.82) is 0 Å². The summed E-state index contributed by atoms with van der Waals surface area (Å²) < 4.78 is 10.8. The summed E-state index contributed by atoms with van der Waals surface area (Å²) in [6.45, 7) is 8.51. The third kappa shape index (κ3) is 2.57. The molecule has 0 radical (unpaired) electrons. The highest BCUT2D eigenvalue weighted by Gasteiger charge is 2.19. The number of para-hydroxylation sites is 1. The quantitative estimate of drug-likeness (QED) is 0.889. The summed E-state index contributed by atoms with van der Waals surface area (Å²) in [5.41, 5.74) is 1.97. The minimum absolute atomic E-state index is 0.289. The molecule has 0 atom stereocenters. The summed E-state index contributed by atoms with van der Waals surface area (Å²) >= 11 is 0. The summed E-state index contributed by atoms with van der Waals surface area (Å²) in [6.07, 6.45) is 1.84. The first-order valence-corrected chi connectivity index (χ1v) is 6.69. The standard InChI is InChI=1S/C13H14N2O2.C2H6/c1-8(2)13-14-6-10(15-13)9-4-3-5-11-12(9)17-7-16-11;1-2/h3-6,8H,7H2,1-2H3,(H,14,15);1-2H3. The molecule has 0 bridgehead atoms. The van der Waals surface area contributed by atoms with Gasteiger partial charge in [0.05, 0.1) is 11.9 Å². The highest BCUT2D eigenvalue weighted by Crippen LogP contribution is 2.40. The van der Waals surface area contributed by atoms with Crippen LogP contribution in [-0.4, -0.2) is 16.8 Å². The van der Waals surface area contributed by atoms with E-state index in [-0.39, 0.29) is 6.79 Å².